The Bertz CT molecular complexity index is 449. The minimum absolute atomic E-state index is 0.0165. The third kappa shape index (κ3) is 4.38. The molecule has 1 aliphatic rings. The summed E-state index contributed by atoms with van der Waals surface area (Å²) in [7, 11) is 1.83. The van der Waals surface area contributed by atoms with Crippen LogP contribution in [-0.2, 0) is 6.54 Å². The zero-order valence-electron chi connectivity index (χ0n) is 12.4. The van der Waals surface area contributed by atoms with E-state index in [1.807, 2.05) is 31.1 Å². The normalized spacial score (nSPS) is 21.9. The van der Waals surface area contributed by atoms with Gasteiger partial charge in [-0.15, -0.1) is 11.3 Å². The standard InChI is InChI=1S/C14H23N3OS2/c1-4-19-13-6-5-11(7-13)16-14(18)17(3)8-12-9-20-10(2)15-12/h9,11,13H,4-8H2,1-3H3,(H,16,18)/t11-,13+/m0/s1. The fraction of sp³-hybridized carbons (Fsp3) is 0.714. The van der Waals surface area contributed by atoms with Gasteiger partial charge in [0.1, 0.15) is 0 Å². The van der Waals surface area contributed by atoms with E-state index in [1.54, 1.807) is 16.2 Å². The maximum absolute atomic E-state index is 12.2. The number of thioether (sulfide) groups is 1. The van der Waals surface area contributed by atoms with Gasteiger partial charge in [-0.2, -0.15) is 11.8 Å². The molecule has 112 valence electrons. The lowest BCUT2D eigenvalue weighted by atomic mass is 10.2. The second kappa shape index (κ2) is 7.31. The fourth-order valence-corrected chi connectivity index (χ4v) is 4.29. The maximum Gasteiger partial charge on any atom is 0.317 e. The van der Waals surface area contributed by atoms with Crippen LogP contribution in [0.5, 0.6) is 0 Å². The van der Waals surface area contributed by atoms with Gasteiger partial charge in [-0.3, -0.25) is 0 Å². The molecule has 2 atom stereocenters. The van der Waals surface area contributed by atoms with Crippen molar-refractivity contribution in [2.24, 2.45) is 0 Å². The molecule has 4 nitrogen and oxygen atoms in total. The van der Waals surface area contributed by atoms with Crippen LogP contribution in [0.25, 0.3) is 0 Å². The Morgan fingerprint density at radius 1 is 1.60 bits per heavy atom. The number of amides is 2. The van der Waals surface area contributed by atoms with Gasteiger partial charge in [0.2, 0.25) is 0 Å². The van der Waals surface area contributed by atoms with Crippen molar-refractivity contribution in [1.82, 2.24) is 15.2 Å². The number of nitrogens with zero attached hydrogens (tertiary/aromatic N) is 2. The summed E-state index contributed by atoms with van der Waals surface area (Å²) in [5.74, 6) is 1.16. The largest absolute Gasteiger partial charge is 0.335 e. The Labute approximate surface area is 129 Å². The molecule has 20 heavy (non-hydrogen) atoms. The smallest absolute Gasteiger partial charge is 0.317 e. The molecule has 2 rings (SSSR count). The first-order chi connectivity index (χ1) is 9.58. The zero-order valence-corrected chi connectivity index (χ0v) is 14.0. The van der Waals surface area contributed by atoms with Crippen molar-refractivity contribution in [3.05, 3.63) is 16.1 Å². The molecule has 1 aliphatic carbocycles. The van der Waals surface area contributed by atoms with Crippen molar-refractivity contribution in [3.8, 4) is 0 Å². The predicted octanol–water partition coefficient (Wildman–Crippen LogP) is 3.27. The molecular weight excluding hydrogens is 290 g/mol. The summed E-state index contributed by atoms with van der Waals surface area (Å²) >= 11 is 3.63. The molecule has 0 aliphatic heterocycles. The minimum atomic E-state index is 0.0165. The van der Waals surface area contributed by atoms with E-state index in [0.717, 1.165) is 34.5 Å². The Balaban J connectivity index is 1.77. The average molecular weight is 313 g/mol. The van der Waals surface area contributed by atoms with E-state index in [4.69, 9.17) is 0 Å². The van der Waals surface area contributed by atoms with Crippen LogP contribution in [0.1, 0.15) is 36.9 Å². The highest BCUT2D eigenvalue weighted by Crippen LogP contribution is 2.29. The molecule has 1 aromatic heterocycles. The van der Waals surface area contributed by atoms with Crippen LogP contribution < -0.4 is 5.32 Å². The number of nitrogens with one attached hydrogen (secondary N) is 1. The van der Waals surface area contributed by atoms with Gasteiger partial charge in [0.05, 0.1) is 17.2 Å². The summed E-state index contributed by atoms with van der Waals surface area (Å²) in [6, 6.07) is 0.356. The zero-order chi connectivity index (χ0) is 14.5. The Morgan fingerprint density at radius 2 is 2.40 bits per heavy atom. The molecule has 0 saturated heterocycles. The van der Waals surface area contributed by atoms with Gasteiger partial charge in [0.25, 0.3) is 0 Å². The summed E-state index contributed by atoms with van der Waals surface area (Å²) in [5, 5.41) is 6.92. The van der Waals surface area contributed by atoms with E-state index in [1.165, 1.54) is 6.42 Å². The molecule has 0 bridgehead atoms. The van der Waals surface area contributed by atoms with Crippen molar-refractivity contribution in [2.45, 2.75) is 50.9 Å². The highest BCUT2D eigenvalue weighted by molar-refractivity contribution is 7.99. The Morgan fingerprint density at radius 3 is 3.05 bits per heavy atom. The number of hydrogen-bond donors (Lipinski definition) is 1. The quantitative estimate of drug-likeness (QED) is 0.907. The maximum atomic E-state index is 12.2. The SMILES string of the molecule is CCS[C@@H]1CC[C@H](NC(=O)N(C)Cc2csc(C)n2)C1. The Kier molecular flexibility index (Phi) is 5.72. The highest BCUT2D eigenvalue weighted by Gasteiger charge is 2.26. The van der Waals surface area contributed by atoms with Crippen LogP contribution in [0, 0.1) is 6.92 Å². The summed E-state index contributed by atoms with van der Waals surface area (Å²) < 4.78 is 0. The molecule has 1 saturated carbocycles. The summed E-state index contributed by atoms with van der Waals surface area (Å²) in [6.07, 6.45) is 3.43. The number of urea groups is 1. The number of hydrogen-bond acceptors (Lipinski definition) is 4. The predicted molar refractivity (Wildman–Crippen MR) is 86.4 cm³/mol. The van der Waals surface area contributed by atoms with E-state index in [9.17, 15) is 4.79 Å². The van der Waals surface area contributed by atoms with Crippen LogP contribution in [0.3, 0.4) is 0 Å². The molecule has 1 N–H and O–H groups in total. The number of rotatable bonds is 5. The van der Waals surface area contributed by atoms with Crippen molar-refractivity contribution in [2.75, 3.05) is 12.8 Å². The molecule has 0 spiro atoms. The van der Waals surface area contributed by atoms with Gasteiger partial charge in [-0.1, -0.05) is 6.92 Å². The summed E-state index contributed by atoms with van der Waals surface area (Å²) in [6.45, 7) is 4.76. The van der Waals surface area contributed by atoms with Crippen molar-refractivity contribution < 1.29 is 4.79 Å². The second-order valence-corrected chi connectivity index (χ2v) is 7.89. The van der Waals surface area contributed by atoms with Gasteiger partial charge in [-0.25, -0.2) is 9.78 Å². The number of aromatic nitrogens is 1. The first-order valence-electron chi connectivity index (χ1n) is 7.12. The van der Waals surface area contributed by atoms with E-state index in [-0.39, 0.29) is 6.03 Å². The van der Waals surface area contributed by atoms with Gasteiger partial charge < -0.3 is 10.2 Å². The molecule has 6 heteroatoms. The van der Waals surface area contributed by atoms with Crippen LogP contribution in [-0.4, -0.2) is 40.0 Å². The van der Waals surface area contributed by atoms with E-state index in [2.05, 4.69) is 17.2 Å². The molecule has 0 radical (unpaired) electrons. The van der Waals surface area contributed by atoms with Crippen molar-refractivity contribution in [3.63, 3.8) is 0 Å². The molecule has 1 aromatic rings. The molecular formula is C14H23N3OS2. The molecule has 1 fully saturated rings. The molecule has 0 unspecified atom stereocenters. The topological polar surface area (TPSA) is 45.2 Å². The molecule has 0 aromatic carbocycles. The summed E-state index contributed by atoms with van der Waals surface area (Å²) in [4.78, 5) is 18.3. The lowest BCUT2D eigenvalue weighted by molar-refractivity contribution is 0.202. The number of carbonyl (C=O) groups excluding carboxylic acids is 1. The minimum Gasteiger partial charge on any atom is -0.335 e. The average Bonchev–Trinajstić information content (AvgIpc) is 2.99. The molecule has 1 heterocycles. The van der Waals surface area contributed by atoms with E-state index >= 15 is 0 Å². The van der Waals surface area contributed by atoms with Gasteiger partial charge in [0.15, 0.2) is 0 Å². The lowest BCUT2D eigenvalue weighted by Gasteiger charge is -2.20. The number of thiazole rings is 1. The first-order valence-corrected chi connectivity index (χ1v) is 9.05. The summed E-state index contributed by atoms with van der Waals surface area (Å²) in [5.41, 5.74) is 0.969. The van der Waals surface area contributed by atoms with Crippen molar-refractivity contribution >= 4 is 29.1 Å². The van der Waals surface area contributed by atoms with Gasteiger partial charge in [0, 0.05) is 23.7 Å². The lowest BCUT2D eigenvalue weighted by Crippen LogP contribution is -2.41. The highest BCUT2D eigenvalue weighted by atomic mass is 32.2. The first kappa shape index (κ1) is 15.6. The van der Waals surface area contributed by atoms with Gasteiger partial charge in [-0.05, 0) is 31.9 Å². The van der Waals surface area contributed by atoms with Gasteiger partial charge >= 0.3 is 6.03 Å². The number of carbonyl (C=O) groups is 1. The van der Waals surface area contributed by atoms with Crippen molar-refractivity contribution in [1.29, 1.82) is 0 Å². The monoisotopic (exact) mass is 313 g/mol. The number of aryl methyl sites for hydroxylation is 1. The van der Waals surface area contributed by atoms with Crippen LogP contribution in [0.15, 0.2) is 5.38 Å². The molecule has 2 amide bonds. The van der Waals surface area contributed by atoms with Crippen LogP contribution in [0.4, 0.5) is 4.79 Å². The third-order valence-electron chi connectivity index (χ3n) is 3.53. The van der Waals surface area contributed by atoms with E-state index in [0.29, 0.717) is 12.6 Å². The third-order valence-corrected chi connectivity index (χ3v) is 5.58. The van der Waals surface area contributed by atoms with E-state index < -0.39 is 0 Å². The Hall–Kier alpha value is -0.750. The second-order valence-electron chi connectivity index (χ2n) is 5.25. The fourth-order valence-electron chi connectivity index (χ4n) is 2.54. The van der Waals surface area contributed by atoms with Crippen LogP contribution in [0.2, 0.25) is 0 Å². The van der Waals surface area contributed by atoms with Crippen LogP contribution >= 0.6 is 23.1 Å².